The maximum atomic E-state index is 12.9. The molecule has 1 amide bonds. The molecule has 190 valence electrons. The summed E-state index contributed by atoms with van der Waals surface area (Å²) in [4.78, 5) is 32.4. The lowest BCUT2D eigenvalue weighted by Gasteiger charge is -2.27. The van der Waals surface area contributed by atoms with Crippen molar-refractivity contribution < 1.29 is 9.53 Å². The van der Waals surface area contributed by atoms with E-state index in [2.05, 4.69) is 34.3 Å². The second kappa shape index (κ2) is 13.2. The molecule has 1 aromatic carbocycles. The SMILES string of the molecule is CCCCc1ccc(NC(=O)CSc2nc(=O)n(CCCN3CCOCC3)c3c2CCCC3)cc1. The summed E-state index contributed by atoms with van der Waals surface area (Å²) < 4.78 is 7.31. The van der Waals surface area contributed by atoms with E-state index in [4.69, 9.17) is 4.74 Å². The van der Waals surface area contributed by atoms with Gasteiger partial charge in [-0.15, -0.1) is 0 Å². The highest BCUT2D eigenvalue weighted by Crippen LogP contribution is 2.28. The number of benzene rings is 1. The van der Waals surface area contributed by atoms with Gasteiger partial charge in [0, 0.05) is 43.1 Å². The van der Waals surface area contributed by atoms with E-state index in [9.17, 15) is 9.59 Å². The number of thioether (sulfide) groups is 1. The molecule has 0 radical (unpaired) electrons. The van der Waals surface area contributed by atoms with Crippen molar-refractivity contribution in [1.82, 2.24) is 14.5 Å². The molecule has 0 saturated carbocycles. The average molecular weight is 499 g/mol. The lowest BCUT2D eigenvalue weighted by atomic mass is 9.97. The molecule has 2 aliphatic rings. The minimum Gasteiger partial charge on any atom is -0.379 e. The van der Waals surface area contributed by atoms with Gasteiger partial charge in [0.25, 0.3) is 0 Å². The van der Waals surface area contributed by atoms with E-state index in [0.717, 1.165) is 87.8 Å². The number of aryl methyl sites for hydroxylation is 1. The maximum Gasteiger partial charge on any atom is 0.348 e. The Kier molecular flexibility index (Phi) is 9.80. The van der Waals surface area contributed by atoms with Crippen LogP contribution in [-0.4, -0.2) is 59.0 Å². The molecule has 0 bridgehead atoms. The fourth-order valence-electron chi connectivity index (χ4n) is 4.84. The number of nitrogens with one attached hydrogen (secondary N) is 1. The molecular weight excluding hydrogens is 460 g/mol. The molecule has 35 heavy (non-hydrogen) atoms. The predicted molar refractivity (Wildman–Crippen MR) is 141 cm³/mol. The molecule has 0 spiro atoms. The number of aromatic nitrogens is 2. The number of ether oxygens (including phenoxy) is 1. The first-order valence-corrected chi connectivity index (χ1v) is 14.1. The normalized spacial score (nSPS) is 16.1. The Morgan fingerprint density at radius 2 is 1.86 bits per heavy atom. The molecule has 1 saturated heterocycles. The van der Waals surface area contributed by atoms with E-state index in [-0.39, 0.29) is 17.3 Å². The van der Waals surface area contributed by atoms with Crippen molar-refractivity contribution >= 4 is 23.4 Å². The number of carbonyl (C=O) groups is 1. The topological polar surface area (TPSA) is 76.5 Å². The van der Waals surface area contributed by atoms with E-state index in [1.54, 1.807) is 0 Å². The van der Waals surface area contributed by atoms with E-state index in [1.807, 2.05) is 16.7 Å². The van der Waals surface area contributed by atoms with Gasteiger partial charge < -0.3 is 10.1 Å². The third-order valence-electron chi connectivity index (χ3n) is 6.81. The summed E-state index contributed by atoms with van der Waals surface area (Å²) in [6, 6.07) is 8.08. The van der Waals surface area contributed by atoms with Crippen LogP contribution in [0.5, 0.6) is 0 Å². The van der Waals surface area contributed by atoms with Crippen molar-refractivity contribution in [3.05, 3.63) is 51.6 Å². The number of hydrogen-bond acceptors (Lipinski definition) is 6. The van der Waals surface area contributed by atoms with Crippen LogP contribution in [0.4, 0.5) is 5.69 Å². The largest absolute Gasteiger partial charge is 0.379 e. The van der Waals surface area contributed by atoms with Crippen LogP contribution in [0, 0.1) is 0 Å². The zero-order valence-electron chi connectivity index (χ0n) is 20.9. The summed E-state index contributed by atoms with van der Waals surface area (Å²) in [6.07, 6.45) is 8.38. The summed E-state index contributed by atoms with van der Waals surface area (Å²) in [7, 11) is 0. The van der Waals surface area contributed by atoms with Gasteiger partial charge in [-0.2, -0.15) is 4.98 Å². The first kappa shape index (κ1) is 25.9. The average Bonchev–Trinajstić information content (AvgIpc) is 2.89. The molecule has 2 heterocycles. The summed E-state index contributed by atoms with van der Waals surface area (Å²) in [5.41, 5.74) is 4.21. The van der Waals surface area contributed by atoms with Gasteiger partial charge in [0.05, 0.1) is 19.0 Å². The first-order chi connectivity index (χ1) is 17.1. The smallest absolute Gasteiger partial charge is 0.348 e. The Labute approximate surface area is 212 Å². The van der Waals surface area contributed by atoms with Crippen molar-refractivity contribution in [2.45, 2.75) is 69.9 Å². The first-order valence-electron chi connectivity index (χ1n) is 13.1. The lowest BCUT2D eigenvalue weighted by Crippen LogP contribution is -2.38. The van der Waals surface area contributed by atoms with Gasteiger partial charge in [0.1, 0.15) is 5.03 Å². The Bertz CT molecular complexity index is 1030. The molecule has 0 atom stereocenters. The van der Waals surface area contributed by atoms with E-state index in [1.165, 1.54) is 35.7 Å². The van der Waals surface area contributed by atoms with Crippen molar-refractivity contribution in [1.29, 1.82) is 0 Å². The molecule has 4 rings (SSSR count). The van der Waals surface area contributed by atoms with Crippen LogP contribution in [-0.2, 0) is 35.3 Å². The Balaban J connectivity index is 1.35. The number of hydrogen-bond donors (Lipinski definition) is 1. The van der Waals surface area contributed by atoms with E-state index < -0.39 is 0 Å². The zero-order chi connectivity index (χ0) is 24.5. The van der Waals surface area contributed by atoms with Crippen LogP contribution in [0.1, 0.15) is 55.8 Å². The quantitative estimate of drug-likeness (QED) is 0.374. The Morgan fingerprint density at radius 3 is 2.63 bits per heavy atom. The van der Waals surface area contributed by atoms with Crippen LogP contribution in [0.2, 0.25) is 0 Å². The van der Waals surface area contributed by atoms with Crippen LogP contribution in [0.25, 0.3) is 0 Å². The van der Waals surface area contributed by atoms with Gasteiger partial charge in [-0.1, -0.05) is 37.2 Å². The lowest BCUT2D eigenvalue weighted by molar-refractivity contribution is -0.113. The number of rotatable bonds is 11. The fraction of sp³-hybridized carbons (Fsp3) is 0.593. The highest BCUT2D eigenvalue weighted by molar-refractivity contribution is 8.00. The van der Waals surface area contributed by atoms with E-state index in [0.29, 0.717) is 6.54 Å². The zero-order valence-corrected chi connectivity index (χ0v) is 21.7. The number of carbonyl (C=O) groups excluding carboxylic acids is 1. The molecule has 7 nitrogen and oxygen atoms in total. The third-order valence-corrected chi connectivity index (χ3v) is 7.82. The Hall–Kier alpha value is -2.16. The molecule has 8 heteroatoms. The maximum absolute atomic E-state index is 12.9. The molecule has 1 aromatic heterocycles. The number of unbranched alkanes of at least 4 members (excludes halogenated alkanes) is 1. The van der Waals surface area contributed by atoms with Crippen molar-refractivity contribution in [2.75, 3.05) is 43.9 Å². The molecule has 1 aliphatic heterocycles. The van der Waals surface area contributed by atoms with E-state index >= 15 is 0 Å². The van der Waals surface area contributed by atoms with Gasteiger partial charge in [0.2, 0.25) is 5.91 Å². The van der Waals surface area contributed by atoms with Crippen molar-refractivity contribution in [3.63, 3.8) is 0 Å². The molecule has 0 unspecified atom stereocenters. The summed E-state index contributed by atoms with van der Waals surface area (Å²) in [5.74, 6) is 0.176. The Morgan fingerprint density at radius 1 is 1.09 bits per heavy atom. The van der Waals surface area contributed by atoms with Gasteiger partial charge >= 0.3 is 5.69 Å². The molecule has 1 N–H and O–H groups in total. The number of nitrogens with zero attached hydrogens (tertiary/aromatic N) is 3. The fourth-order valence-corrected chi connectivity index (χ4v) is 5.72. The molecule has 2 aromatic rings. The van der Waals surface area contributed by atoms with Gasteiger partial charge in [-0.3, -0.25) is 14.3 Å². The second-order valence-electron chi connectivity index (χ2n) is 9.43. The highest BCUT2D eigenvalue weighted by atomic mass is 32.2. The van der Waals surface area contributed by atoms with Gasteiger partial charge in [0.15, 0.2) is 0 Å². The monoisotopic (exact) mass is 498 g/mol. The number of fused-ring (bicyclic) bond motifs is 1. The van der Waals surface area contributed by atoms with Gasteiger partial charge in [-0.25, -0.2) is 4.79 Å². The van der Waals surface area contributed by atoms with Crippen LogP contribution >= 0.6 is 11.8 Å². The summed E-state index contributed by atoms with van der Waals surface area (Å²) in [5, 5.41) is 3.71. The summed E-state index contributed by atoms with van der Waals surface area (Å²) in [6.45, 7) is 7.37. The van der Waals surface area contributed by atoms with Crippen LogP contribution in [0.3, 0.4) is 0 Å². The molecule has 1 fully saturated rings. The standard InChI is InChI=1S/C27H38N4O3S/c1-2-3-7-21-10-12-22(13-11-21)28-25(32)20-35-26-23-8-4-5-9-24(23)31(27(33)29-26)15-6-14-30-16-18-34-19-17-30/h10-13H,2-9,14-20H2,1H3,(H,28,32). The predicted octanol–water partition coefficient (Wildman–Crippen LogP) is 3.92. The van der Waals surface area contributed by atoms with Crippen molar-refractivity contribution in [2.24, 2.45) is 0 Å². The van der Waals surface area contributed by atoms with Crippen LogP contribution < -0.4 is 11.0 Å². The minimum absolute atomic E-state index is 0.0719. The number of amides is 1. The number of anilines is 1. The van der Waals surface area contributed by atoms with Crippen molar-refractivity contribution in [3.8, 4) is 0 Å². The van der Waals surface area contributed by atoms with Gasteiger partial charge in [-0.05, 0) is 62.6 Å². The second-order valence-corrected chi connectivity index (χ2v) is 10.4. The molecular formula is C27H38N4O3S. The van der Waals surface area contributed by atoms with Crippen LogP contribution in [0.15, 0.2) is 34.1 Å². The highest BCUT2D eigenvalue weighted by Gasteiger charge is 2.21. The molecule has 1 aliphatic carbocycles. The minimum atomic E-state index is -0.182. The summed E-state index contributed by atoms with van der Waals surface area (Å²) >= 11 is 1.39. The number of morpholine rings is 1. The third kappa shape index (κ3) is 7.41.